The number of benzene rings is 1. The van der Waals surface area contributed by atoms with Crippen LogP contribution in [0.1, 0.15) is 92.4 Å². The third-order valence-electron chi connectivity index (χ3n) is 11.6. The van der Waals surface area contributed by atoms with E-state index in [1.54, 1.807) is 11.8 Å². The zero-order valence-electron chi connectivity index (χ0n) is 32.1. The first-order valence-electron chi connectivity index (χ1n) is 18.8. The van der Waals surface area contributed by atoms with Crippen LogP contribution in [0.25, 0.3) is 0 Å². The highest BCUT2D eigenvalue weighted by molar-refractivity contribution is 7.99. The fourth-order valence-electron chi connectivity index (χ4n) is 8.03. The van der Waals surface area contributed by atoms with E-state index in [9.17, 15) is 0 Å². The van der Waals surface area contributed by atoms with Gasteiger partial charge in [0.1, 0.15) is 54.8 Å². The van der Waals surface area contributed by atoms with Crippen LogP contribution in [0.3, 0.4) is 0 Å². The van der Waals surface area contributed by atoms with Gasteiger partial charge in [0.05, 0.1) is 13.2 Å². The van der Waals surface area contributed by atoms with Crippen molar-refractivity contribution in [1.29, 1.82) is 0 Å². The van der Waals surface area contributed by atoms with E-state index in [2.05, 4.69) is 33.9 Å². The van der Waals surface area contributed by atoms with Crippen molar-refractivity contribution >= 4 is 20.1 Å². The minimum absolute atomic E-state index is 0.0523. The molecular formula is C38H60O11SSi. The van der Waals surface area contributed by atoms with Gasteiger partial charge in [-0.15, -0.1) is 11.8 Å². The Morgan fingerprint density at radius 1 is 0.804 bits per heavy atom. The predicted octanol–water partition coefficient (Wildman–Crippen LogP) is 7.04. The monoisotopic (exact) mass is 752 g/mol. The van der Waals surface area contributed by atoms with E-state index in [0.29, 0.717) is 6.61 Å². The molecule has 51 heavy (non-hydrogen) atoms. The van der Waals surface area contributed by atoms with Gasteiger partial charge in [0, 0.05) is 18.4 Å². The van der Waals surface area contributed by atoms with Crippen LogP contribution in [0.4, 0.5) is 0 Å². The van der Waals surface area contributed by atoms with Crippen LogP contribution in [0.15, 0.2) is 30.3 Å². The van der Waals surface area contributed by atoms with Gasteiger partial charge in [0.25, 0.3) is 0 Å². The Kier molecular flexibility index (Phi) is 10.7. The molecule has 10 atom stereocenters. The Balaban J connectivity index is 1.26. The molecular weight excluding hydrogens is 693 g/mol. The van der Waals surface area contributed by atoms with Crippen molar-refractivity contribution in [2.24, 2.45) is 0 Å². The van der Waals surface area contributed by atoms with Crippen LogP contribution in [-0.4, -0.2) is 106 Å². The molecule has 288 valence electrons. The van der Waals surface area contributed by atoms with Crippen molar-refractivity contribution in [1.82, 2.24) is 0 Å². The lowest BCUT2D eigenvalue weighted by molar-refractivity contribution is -0.386. The van der Waals surface area contributed by atoms with E-state index in [-0.39, 0.29) is 42.0 Å². The van der Waals surface area contributed by atoms with Gasteiger partial charge in [-0.25, -0.2) is 0 Å². The molecule has 6 fully saturated rings. The average molecular weight is 753 g/mol. The number of fused-ring (bicyclic) bond motifs is 2. The lowest BCUT2D eigenvalue weighted by atomic mass is 9.90. The Labute approximate surface area is 309 Å². The molecule has 1 aromatic rings. The maximum absolute atomic E-state index is 7.41. The number of ether oxygens (including phenoxy) is 10. The highest BCUT2D eigenvalue weighted by Gasteiger charge is 2.64. The minimum atomic E-state index is -2.36. The van der Waals surface area contributed by atoms with E-state index in [1.165, 1.54) is 6.42 Å². The first-order chi connectivity index (χ1) is 23.9. The van der Waals surface area contributed by atoms with E-state index < -0.39 is 62.2 Å². The summed E-state index contributed by atoms with van der Waals surface area (Å²) in [4.78, 5) is 0. The molecule has 0 bridgehead atoms. The zero-order chi connectivity index (χ0) is 36.5. The summed E-state index contributed by atoms with van der Waals surface area (Å²) in [7, 11) is -2.36. The summed E-state index contributed by atoms with van der Waals surface area (Å²) in [6.07, 6.45) is 2.88. The minimum Gasteiger partial charge on any atom is -0.408 e. The SMILES string of the molecule is CS[C@H]1O[C@@H]2COC3(CCCCC3)O[C@H]2[C@H](O[Si](C)(C)C(C)(C)C)[C@@H]1O[C@H](O[C@H]1[C@@H]2OC(C)(C)O[C@@H]2CO[C@@]12COC(C)(C)O2)c1ccccc1. The third-order valence-corrected chi connectivity index (χ3v) is 17.0. The first kappa shape index (κ1) is 38.6. The van der Waals surface area contributed by atoms with Gasteiger partial charge in [0.15, 0.2) is 32.0 Å². The number of rotatable bonds is 8. The lowest BCUT2D eigenvalue weighted by Crippen LogP contribution is -2.68. The molecule has 0 radical (unpaired) electrons. The molecule has 1 saturated carbocycles. The van der Waals surface area contributed by atoms with Gasteiger partial charge in [-0.2, -0.15) is 0 Å². The number of hydrogen-bond donors (Lipinski definition) is 0. The van der Waals surface area contributed by atoms with Crippen LogP contribution < -0.4 is 0 Å². The van der Waals surface area contributed by atoms with Crippen LogP contribution >= 0.6 is 11.8 Å². The molecule has 5 saturated heterocycles. The summed E-state index contributed by atoms with van der Waals surface area (Å²) in [5.41, 5.74) is 0.443. The maximum atomic E-state index is 7.41. The first-order valence-corrected chi connectivity index (χ1v) is 23.0. The summed E-state index contributed by atoms with van der Waals surface area (Å²) in [6, 6.07) is 9.97. The van der Waals surface area contributed by atoms with Crippen molar-refractivity contribution in [3.63, 3.8) is 0 Å². The smallest absolute Gasteiger partial charge is 0.224 e. The van der Waals surface area contributed by atoms with E-state index in [1.807, 2.05) is 64.3 Å². The molecule has 5 heterocycles. The molecule has 0 aromatic heterocycles. The second kappa shape index (κ2) is 14.1. The fraction of sp³-hybridized carbons (Fsp3) is 0.842. The van der Waals surface area contributed by atoms with Gasteiger partial charge in [-0.3, -0.25) is 0 Å². The number of thioether (sulfide) groups is 1. The largest absolute Gasteiger partial charge is 0.408 e. The van der Waals surface area contributed by atoms with E-state index in [0.717, 1.165) is 31.2 Å². The van der Waals surface area contributed by atoms with Gasteiger partial charge < -0.3 is 51.8 Å². The normalized spacial score (nSPS) is 39.5. The topological polar surface area (TPSA) is 102 Å². The molecule has 13 heteroatoms. The van der Waals surface area contributed by atoms with Crippen LogP contribution in [0.5, 0.6) is 0 Å². The summed E-state index contributed by atoms with van der Waals surface area (Å²) >= 11 is 1.60. The molecule has 1 aromatic carbocycles. The van der Waals surface area contributed by atoms with Crippen LogP contribution in [-0.2, 0) is 51.8 Å². The molecule has 11 nitrogen and oxygen atoms in total. The van der Waals surface area contributed by atoms with E-state index >= 15 is 0 Å². The lowest BCUT2D eigenvalue weighted by Gasteiger charge is -2.55. The molecule has 2 spiro atoms. The fourth-order valence-corrected chi connectivity index (χ4v) is 10.1. The summed E-state index contributed by atoms with van der Waals surface area (Å²) in [6.45, 7) is 19.8. The van der Waals surface area contributed by atoms with Crippen molar-refractivity contribution in [3.8, 4) is 0 Å². The highest BCUT2D eigenvalue weighted by Crippen LogP contribution is 2.49. The third kappa shape index (κ3) is 7.77. The predicted molar refractivity (Wildman–Crippen MR) is 193 cm³/mol. The molecule has 1 aliphatic carbocycles. The van der Waals surface area contributed by atoms with Gasteiger partial charge in [-0.1, -0.05) is 57.5 Å². The summed E-state index contributed by atoms with van der Waals surface area (Å²) in [5, 5.41) is -0.0523. The Hall–Kier alpha value is -0.653. The van der Waals surface area contributed by atoms with Gasteiger partial charge in [0.2, 0.25) is 5.79 Å². The van der Waals surface area contributed by atoms with Crippen molar-refractivity contribution in [2.45, 2.75) is 176 Å². The van der Waals surface area contributed by atoms with Crippen molar-refractivity contribution in [3.05, 3.63) is 35.9 Å². The van der Waals surface area contributed by atoms with Crippen molar-refractivity contribution in [2.75, 3.05) is 26.1 Å². The average Bonchev–Trinajstić information content (AvgIpc) is 3.56. The Morgan fingerprint density at radius 3 is 2.16 bits per heavy atom. The van der Waals surface area contributed by atoms with Crippen molar-refractivity contribution < 1.29 is 51.8 Å². The molecule has 0 N–H and O–H groups in total. The summed E-state index contributed by atoms with van der Waals surface area (Å²) in [5.74, 6) is -3.60. The van der Waals surface area contributed by atoms with Crippen LogP contribution in [0, 0.1) is 0 Å². The van der Waals surface area contributed by atoms with Gasteiger partial charge >= 0.3 is 0 Å². The Bertz CT molecular complexity index is 1350. The molecule has 5 aliphatic heterocycles. The van der Waals surface area contributed by atoms with E-state index in [4.69, 9.17) is 51.8 Å². The second-order valence-electron chi connectivity index (χ2n) is 17.4. The molecule has 6 aliphatic rings. The second-order valence-corrected chi connectivity index (χ2v) is 23.1. The quantitative estimate of drug-likeness (QED) is 0.201. The number of hydrogen-bond acceptors (Lipinski definition) is 12. The van der Waals surface area contributed by atoms with Gasteiger partial charge in [-0.05, 0) is 64.9 Å². The molecule has 7 rings (SSSR count). The molecule has 0 amide bonds. The standard InChI is InChI=1S/C38H60O11SSi/c1-34(2,3)51(9,10)48-29-27-25(21-39-37(47-27)19-15-12-16-20-37)42-33(50-8)30(29)43-32(24-17-13-11-14-18-24)44-31-28-26(45-36(6,7)46-28)22-40-38(31)23-41-35(4,5)49-38/h11,13-14,17-18,25-33H,12,15-16,19-23H2,1-10H3/t25-,26-,27-,28-,29+,30+,31+,32-,33-,38-/m1/s1. The van der Waals surface area contributed by atoms with Crippen LogP contribution in [0.2, 0.25) is 18.1 Å². The maximum Gasteiger partial charge on any atom is 0.224 e. The highest BCUT2D eigenvalue weighted by atomic mass is 32.2. The summed E-state index contributed by atoms with van der Waals surface area (Å²) < 4.78 is 74.3. The molecule has 0 unspecified atom stereocenters. The zero-order valence-corrected chi connectivity index (χ0v) is 34.0. The Morgan fingerprint density at radius 2 is 1.51 bits per heavy atom.